The number of ether oxygens (including phenoxy) is 2. The predicted molar refractivity (Wildman–Crippen MR) is 85.3 cm³/mol. The third-order valence-electron chi connectivity index (χ3n) is 3.72. The molecule has 1 N–H and O–H groups in total. The molecule has 0 amide bonds. The van der Waals surface area contributed by atoms with E-state index in [9.17, 15) is 0 Å². The minimum Gasteiger partial charge on any atom is -0.490 e. The van der Waals surface area contributed by atoms with Crippen LogP contribution in [-0.4, -0.2) is 29.0 Å². The molecule has 1 aromatic heterocycles. The Balaban J connectivity index is 1.61. The lowest BCUT2D eigenvalue weighted by Gasteiger charge is -2.17. The fourth-order valence-electron chi connectivity index (χ4n) is 2.59. The Morgan fingerprint density at radius 2 is 2.18 bits per heavy atom. The minimum absolute atomic E-state index is 0.321. The Morgan fingerprint density at radius 3 is 3.00 bits per heavy atom. The van der Waals surface area contributed by atoms with Crippen molar-refractivity contribution in [2.45, 2.75) is 39.4 Å². The van der Waals surface area contributed by atoms with E-state index in [1.807, 2.05) is 23.0 Å². The number of para-hydroxylation sites is 1. The zero-order valence-electron chi connectivity index (χ0n) is 13.2. The van der Waals surface area contributed by atoms with Crippen LogP contribution in [-0.2, 0) is 13.1 Å². The first-order chi connectivity index (χ1) is 10.7. The van der Waals surface area contributed by atoms with Crippen LogP contribution in [0.3, 0.4) is 0 Å². The van der Waals surface area contributed by atoms with E-state index in [4.69, 9.17) is 9.47 Å². The molecule has 1 atom stereocenters. The maximum Gasteiger partial charge on any atom is 0.165 e. The summed E-state index contributed by atoms with van der Waals surface area (Å²) in [4.78, 5) is 0. The van der Waals surface area contributed by atoms with E-state index in [0.29, 0.717) is 12.6 Å². The Bertz CT molecular complexity index is 624. The first-order valence-electron chi connectivity index (χ1n) is 7.82. The van der Waals surface area contributed by atoms with Crippen molar-refractivity contribution in [1.82, 2.24) is 15.1 Å². The van der Waals surface area contributed by atoms with E-state index in [2.05, 4.69) is 36.5 Å². The SMILES string of the molecule is Cc1cnn(CC(C)NCc2cccc3c2OCCCO3)c1. The van der Waals surface area contributed by atoms with Gasteiger partial charge in [-0.3, -0.25) is 4.68 Å². The molecule has 118 valence electrons. The summed E-state index contributed by atoms with van der Waals surface area (Å²) in [5.41, 5.74) is 2.33. The molecule has 1 aromatic carbocycles. The summed E-state index contributed by atoms with van der Waals surface area (Å²) in [5, 5.41) is 7.86. The van der Waals surface area contributed by atoms with Crippen molar-refractivity contribution in [3.63, 3.8) is 0 Å². The number of fused-ring (bicyclic) bond motifs is 1. The highest BCUT2D eigenvalue weighted by molar-refractivity contribution is 5.47. The van der Waals surface area contributed by atoms with E-state index >= 15 is 0 Å². The van der Waals surface area contributed by atoms with Crippen LogP contribution >= 0.6 is 0 Å². The minimum atomic E-state index is 0.321. The van der Waals surface area contributed by atoms with Crippen molar-refractivity contribution in [1.29, 1.82) is 0 Å². The van der Waals surface area contributed by atoms with E-state index in [1.54, 1.807) is 0 Å². The number of nitrogens with zero attached hydrogens (tertiary/aromatic N) is 2. The lowest BCUT2D eigenvalue weighted by atomic mass is 10.1. The average molecular weight is 301 g/mol. The quantitative estimate of drug-likeness (QED) is 0.922. The standard InChI is InChI=1S/C17H23N3O2/c1-13-9-19-20(11-13)12-14(2)18-10-15-5-3-6-16-17(15)22-8-4-7-21-16/h3,5-6,9,11,14,18H,4,7-8,10,12H2,1-2H3. The number of aryl methyl sites for hydroxylation is 1. The average Bonchev–Trinajstić information content (AvgIpc) is 2.76. The fraction of sp³-hybridized carbons (Fsp3) is 0.471. The van der Waals surface area contributed by atoms with Crippen LogP contribution in [0.4, 0.5) is 0 Å². The summed E-state index contributed by atoms with van der Waals surface area (Å²) in [6.45, 7) is 7.26. The molecule has 0 bridgehead atoms. The monoisotopic (exact) mass is 301 g/mol. The second-order valence-electron chi connectivity index (χ2n) is 5.82. The Morgan fingerprint density at radius 1 is 1.32 bits per heavy atom. The van der Waals surface area contributed by atoms with Gasteiger partial charge in [-0.1, -0.05) is 12.1 Å². The van der Waals surface area contributed by atoms with Crippen molar-refractivity contribution >= 4 is 0 Å². The topological polar surface area (TPSA) is 48.3 Å². The highest BCUT2D eigenvalue weighted by atomic mass is 16.5. The molecule has 1 unspecified atom stereocenters. The Kier molecular flexibility index (Phi) is 4.63. The zero-order chi connectivity index (χ0) is 15.4. The van der Waals surface area contributed by atoms with Gasteiger partial charge in [-0.15, -0.1) is 0 Å². The molecule has 0 saturated carbocycles. The smallest absolute Gasteiger partial charge is 0.165 e. The van der Waals surface area contributed by atoms with Gasteiger partial charge in [0.2, 0.25) is 0 Å². The molecule has 0 radical (unpaired) electrons. The second-order valence-corrected chi connectivity index (χ2v) is 5.82. The van der Waals surface area contributed by atoms with Crippen LogP contribution in [0.25, 0.3) is 0 Å². The molecule has 0 spiro atoms. The normalized spacial score (nSPS) is 15.4. The third-order valence-corrected chi connectivity index (χ3v) is 3.72. The van der Waals surface area contributed by atoms with Crippen LogP contribution in [0.5, 0.6) is 11.5 Å². The predicted octanol–water partition coefficient (Wildman–Crippen LogP) is 2.53. The van der Waals surface area contributed by atoms with Crippen LogP contribution in [0.15, 0.2) is 30.6 Å². The van der Waals surface area contributed by atoms with Crippen molar-refractivity contribution in [2.24, 2.45) is 0 Å². The van der Waals surface area contributed by atoms with Gasteiger partial charge in [-0.2, -0.15) is 5.10 Å². The van der Waals surface area contributed by atoms with Crippen molar-refractivity contribution < 1.29 is 9.47 Å². The summed E-state index contributed by atoms with van der Waals surface area (Å²) < 4.78 is 13.5. The maximum absolute atomic E-state index is 5.85. The van der Waals surface area contributed by atoms with Crippen LogP contribution < -0.4 is 14.8 Å². The number of nitrogens with one attached hydrogen (secondary N) is 1. The van der Waals surface area contributed by atoms with Crippen LogP contribution in [0.2, 0.25) is 0 Å². The van der Waals surface area contributed by atoms with Crippen molar-refractivity contribution in [3.8, 4) is 11.5 Å². The lowest BCUT2D eigenvalue weighted by Crippen LogP contribution is -2.30. The van der Waals surface area contributed by atoms with Gasteiger partial charge in [-0.25, -0.2) is 0 Å². The third kappa shape index (κ3) is 3.60. The number of hydrogen-bond acceptors (Lipinski definition) is 4. The number of aromatic nitrogens is 2. The maximum atomic E-state index is 5.85. The number of rotatable bonds is 5. The van der Waals surface area contributed by atoms with Crippen LogP contribution in [0, 0.1) is 6.92 Å². The summed E-state index contributed by atoms with van der Waals surface area (Å²) in [6, 6.07) is 6.40. The van der Waals surface area contributed by atoms with E-state index in [1.165, 1.54) is 5.56 Å². The molecular weight excluding hydrogens is 278 g/mol. The molecule has 0 fully saturated rings. The molecule has 1 aliphatic heterocycles. The highest BCUT2D eigenvalue weighted by Crippen LogP contribution is 2.33. The molecule has 2 heterocycles. The summed E-state index contributed by atoms with van der Waals surface area (Å²) in [7, 11) is 0. The van der Waals surface area contributed by atoms with Gasteiger partial charge < -0.3 is 14.8 Å². The molecule has 1 aliphatic rings. The van der Waals surface area contributed by atoms with Gasteiger partial charge in [-0.05, 0) is 25.5 Å². The summed E-state index contributed by atoms with van der Waals surface area (Å²) in [5.74, 6) is 1.74. The first-order valence-corrected chi connectivity index (χ1v) is 7.82. The summed E-state index contributed by atoms with van der Waals surface area (Å²) in [6.07, 6.45) is 4.87. The van der Waals surface area contributed by atoms with Gasteiger partial charge in [0.25, 0.3) is 0 Å². The van der Waals surface area contributed by atoms with Gasteiger partial charge in [0, 0.05) is 30.8 Å². The van der Waals surface area contributed by atoms with Gasteiger partial charge in [0.1, 0.15) is 0 Å². The van der Waals surface area contributed by atoms with Crippen molar-refractivity contribution in [2.75, 3.05) is 13.2 Å². The van der Waals surface area contributed by atoms with Gasteiger partial charge in [0.05, 0.1) is 26.0 Å². The highest BCUT2D eigenvalue weighted by Gasteiger charge is 2.14. The lowest BCUT2D eigenvalue weighted by molar-refractivity contribution is 0.295. The zero-order valence-corrected chi connectivity index (χ0v) is 13.2. The van der Waals surface area contributed by atoms with Gasteiger partial charge in [0.15, 0.2) is 11.5 Å². The largest absolute Gasteiger partial charge is 0.490 e. The number of benzene rings is 1. The molecule has 5 heteroatoms. The Hall–Kier alpha value is -2.01. The van der Waals surface area contributed by atoms with Gasteiger partial charge >= 0.3 is 0 Å². The Labute approximate surface area is 131 Å². The molecule has 3 rings (SSSR count). The second kappa shape index (κ2) is 6.83. The van der Waals surface area contributed by atoms with E-state index in [-0.39, 0.29) is 0 Å². The summed E-state index contributed by atoms with van der Waals surface area (Å²) >= 11 is 0. The molecular formula is C17H23N3O2. The fourth-order valence-corrected chi connectivity index (χ4v) is 2.59. The molecule has 5 nitrogen and oxygen atoms in total. The van der Waals surface area contributed by atoms with E-state index < -0.39 is 0 Å². The molecule has 0 saturated heterocycles. The van der Waals surface area contributed by atoms with E-state index in [0.717, 1.165) is 43.2 Å². The molecule has 2 aromatic rings. The van der Waals surface area contributed by atoms with Crippen molar-refractivity contribution in [3.05, 3.63) is 41.7 Å². The van der Waals surface area contributed by atoms with Crippen LogP contribution in [0.1, 0.15) is 24.5 Å². The molecule has 0 aliphatic carbocycles. The molecule has 22 heavy (non-hydrogen) atoms. The number of hydrogen-bond donors (Lipinski definition) is 1. The first kappa shape index (κ1) is 14.9.